The molecule has 0 aromatic heterocycles. The number of imide groups is 1. The largest absolute Gasteiger partial charge is 0.480 e. The molecule has 0 saturated carbocycles. The molecule has 1 aliphatic heterocycles. The molecule has 1 heterocycles. The fourth-order valence-corrected chi connectivity index (χ4v) is 2.44. The number of aliphatic carboxylic acids is 1. The number of nitrogens with one attached hydrogen (secondary N) is 3. The summed E-state index contributed by atoms with van der Waals surface area (Å²) in [5.74, 6) is -2.19. The van der Waals surface area contributed by atoms with E-state index < -0.39 is 35.4 Å². The molecule has 4 amide bonds. The van der Waals surface area contributed by atoms with Crippen molar-refractivity contribution >= 4 is 23.8 Å². The Balaban J connectivity index is 2.11. The second-order valence-electron chi connectivity index (χ2n) is 5.76. The smallest absolute Gasteiger partial charge is 0.326 e. The highest BCUT2D eigenvalue weighted by molar-refractivity contribution is 6.07. The fourth-order valence-electron chi connectivity index (χ4n) is 2.44. The molecule has 1 aromatic rings. The van der Waals surface area contributed by atoms with E-state index in [9.17, 15) is 19.2 Å². The van der Waals surface area contributed by atoms with Crippen molar-refractivity contribution < 1.29 is 29.0 Å². The monoisotopic (exact) mass is 349 g/mol. The number of methoxy groups -OCH3 is 1. The lowest BCUT2D eigenvalue weighted by Gasteiger charge is -2.21. The van der Waals surface area contributed by atoms with Gasteiger partial charge in [0.2, 0.25) is 0 Å². The van der Waals surface area contributed by atoms with Gasteiger partial charge < -0.3 is 20.5 Å². The summed E-state index contributed by atoms with van der Waals surface area (Å²) >= 11 is 0. The molecule has 2 atom stereocenters. The quantitative estimate of drug-likeness (QED) is 0.510. The Morgan fingerprint density at radius 1 is 1.28 bits per heavy atom. The van der Waals surface area contributed by atoms with Crippen LogP contribution in [-0.2, 0) is 19.9 Å². The van der Waals surface area contributed by atoms with Gasteiger partial charge in [0.1, 0.15) is 11.6 Å². The number of carboxylic acids is 1. The number of ether oxygens (including phenoxy) is 1. The minimum Gasteiger partial charge on any atom is -0.480 e. The Kier molecular flexibility index (Phi) is 5.38. The van der Waals surface area contributed by atoms with Crippen LogP contribution in [-0.4, -0.2) is 48.7 Å². The maximum Gasteiger partial charge on any atom is 0.326 e. The molecule has 2 unspecified atom stereocenters. The predicted octanol–water partition coefficient (Wildman–Crippen LogP) is -0.0393. The second kappa shape index (κ2) is 7.31. The summed E-state index contributed by atoms with van der Waals surface area (Å²) in [4.78, 5) is 46.6. The van der Waals surface area contributed by atoms with E-state index >= 15 is 0 Å². The van der Waals surface area contributed by atoms with Gasteiger partial charge in [-0.2, -0.15) is 0 Å². The van der Waals surface area contributed by atoms with E-state index in [1.165, 1.54) is 31.4 Å². The van der Waals surface area contributed by atoms with Crippen molar-refractivity contribution in [2.45, 2.75) is 24.9 Å². The van der Waals surface area contributed by atoms with E-state index in [0.717, 1.165) is 0 Å². The molecule has 2 rings (SSSR count). The first-order valence-electron chi connectivity index (χ1n) is 7.54. The Bertz CT molecular complexity index is 702. The third kappa shape index (κ3) is 3.94. The van der Waals surface area contributed by atoms with Gasteiger partial charge in [0.15, 0.2) is 0 Å². The third-order valence-electron chi connectivity index (χ3n) is 3.98. The Morgan fingerprint density at radius 3 is 2.40 bits per heavy atom. The Hall–Kier alpha value is -2.94. The van der Waals surface area contributed by atoms with Crippen molar-refractivity contribution in [2.75, 3.05) is 13.7 Å². The van der Waals surface area contributed by atoms with Crippen molar-refractivity contribution in [1.82, 2.24) is 16.0 Å². The molecule has 1 aromatic carbocycles. The van der Waals surface area contributed by atoms with Crippen LogP contribution in [0.3, 0.4) is 0 Å². The van der Waals surface area contributed by atoms with Gasteiger partial charge in [-0.25, -0.2) is 9.59 Å². The van der Waals surface area contributed by atoms with E-state index in [-0.39, 0.29) is 18.6 Å². The van der Waals surface area contributed by atoms with Crippen LogP contribution in [0.15, 0.2) is 24.3 Å². The lowest BCUT2D eigenvalue weighted by molar-refractivity contribution is -0.139. The standard InChI is InChI=1S/C16H19N3O6/c1-16(14(23)18-15(24)19-16)10-5-3-9(4-6-10)12(20)17-11(13(21)22)7-8-25-2/h3-6,11H,7-8H2,1-2H3,(H,17,20)(H,21,22)(H2,18,19,23,24). The molecule has 1 saturated heterocycles. The van der Waals surface area contributed by atoms with Gasteiger partial charge >= 0.3 is 12.0 Å². The number of rotatable bonds is 7. The SMILES string of the molecule is COCCC(NC(=O)c1ccc(C2(C)NC(=O)NC2=O)cc1)C(=O)O. The van der Waals surface area contributed by atoms with Gasteiger partial charge in [0.25, 0.3) is 11.8 Å². The van der Waals surface area contributed by atoms with Gasteiger partial charge in [-0.1, -0.05) is 12.1 Å². The van der Waals surface area contributed by atoms with Gasteiger partial charge in [-0.15, -0.1) is 0 Å². The molecule has 4 N–H and O–H groups in total. The van der Waals surface area contributed by atoms with E-state index in [0.29, 0.717) is 5.56 Å². The number of hydrogen-bond acceptors (Lipinski definition) is 5. The Labute approximate surface area is 143 Å². The van der Waals surface area contributed by atoms with Crippen LogP contribution in [0.25, 0.3) is 0 Å². The van der Waals surface area contributed by atoms with E-state index in [1.807, 2.05) is 0 Å². The number of amides is 4. The van der Waals surface area contributed by atoms with E-state index in [2.05, 4.69) is 16.0 Å². The topological polar surface area (TPSA) is 134 Å². The summed E-state index contributed by atoms with van der Waals surface area (Å²) in [7, 11) is 1.44. The number of benzene rings is 1. The first-order chi connectivity index (χ1) is 11.8. The summed E-state index contributed by atoms with van der Waals surface area (Å²) < 4.78 is 4.83. The minimum atomic E-state index is -1.21. The number of carbonyl (C=O) groups excluding carboxylic acids is 3. The third-order valence-corrected chi connectivity index (χ3v) is 3.98. The molecular formula is C16H19N3O6. The van der Waals surface area contributed by atoms with Crippen molar-refractivity contribution in [1.29, 1.82) is 0 Å². The normalized spacial score (nSPS) is 20.6. The first-order valence-corrected chi connectivity index (χ1v) is 7.54. The van der Waals surface area contributed by atoms with Crippen LogP contribution in [0, 0.1) is 0 Å². The van der Waals surface area contributed by atoms with Crippen LogP contribution >= 0.6 is 0 Å². The van der Waals surface area contributed by atoms with Gasteiger partial charge in [0.05, 0.1) is 0 Å². The van der Waals surface area contributed by atoms with Gasteiger partial charge in [-0.05, 0) is 24.6 Å². The van der Waals surface area contributed by atoms with Crippen LogP contribution in [0.4, 0.5) is 4.79 Å². The molecule has 0 spiro atoms. The molecule has 25 heavy (non-hydrogen) atoms. The highest BCUT2D eigenvalue weighted by Gasteiger charge is 2.43. The van der Waals surface area contributed by atoms with Crippen molar-refractivity contribution in [3.05, 3.63) is 35.4 Å². The minimum absolute atomic E-state index is 0.139. The van der Waals surface area contributed by atoms with Crippen molar-refractivity contribution in [2.24, 2.45) is 0 Å². The number of hydrogen-bond donors (Lipinski definition) is 4. The second-order valence-corrected chi connectivity index (χ2v) is 5.76. The lowest BCUT2D eigenvalue weighted by atomic mass is 9.91. The fraction of sp³-hybridized carbons (Fsp3) is 0.375. The number of carbonyl (C=O) groups is 4. The molecule has 0 aliphatic carbocycles. The maximum atomic E-state index is 12.2. The summed E-state index contributed by atoms with van der Waals surface area (Å²) in [6, 6.07) is 4.34. The molecule has 9 nitrogen and oxygen atoms in total. The number of urea groups is 1. The summed E-state index contributed by atoms with van der Waals surface area (Å²) in [5.41, 5.74) is -0.476. The molecule has 9 heteroatoms. The van der Waals surface area contributed by atoms with Crippen LogP contribution in [0.2, 0.25) is 0 Å². The molecular weight excluding hydrogens is 330 g/mol. The number of carboxylic acid groups (broad SMARTS) is 1. The zero-order valence-corrected chi connectivity index (χ0v) is 13.8. The van der Waals surface area contributed by atoms with Gasteiger partial charge in [-0.3, -0.25) is 14.9 Å². The average molecular weight is 349 g/mol. The predicted molar refractivity (Wildman–Crippen MR) is 85.9 cm³/mol. The van der Waals surface area contributed by atoms with Crippen LogP contribution in [0.1, 0.15) is 29.3 Å². The zero-order valence-electron chi connectivity index (χ0n) is 13.8. The summed E-state index contributed by atoms with van der Waals surface area (Å²) in [5, 5.41) is 16.2. The van der Waals surface area contributed by atoms with Crippen LogP contribution in [0.5, 0.6) is 0 Å². The molecule has 134 valence electrons. The summed E-state index contributed by atoms with van der Waals surface area (Å²) in [6.45, 7) is 1.75. The Morgan fingerprint density at radius 2 is 1.92 bits per heavy atom. The van der Waals surface area contributed by atoms with E-state index in [1.54, 1.807) is 6.92 Å². The average Bonchev–Trinajstić information content (AvgIpc) is 2.84. The zero-order chi connectivity index (χ0) is 18.6. The highest BCUT2D eigenvalue weighted by Crippen LogP contribution is 2.24. The lowest BCUT2D eigenvalue weighted by Crippen LogP contribution is -2.42. The van der Waals surface area contributed by atoms with Crippen molar-refractivity contribution in [3.63, 3.8) is 0 Å². The molecule has 0 radical (unpaired) electrons. The maximum absolute atomic E-state index is 12.2. The van der Waals surface area contributed by atoms with E-state index in [4.69, 9.17) is 9.84 Å². The molecule has 1 aliphatic rings. The van der Waals surface area contributed by atoms with Gasteiger partial charge in [0, 0.05) is 25.7 Å². The molecule has 1 fully saturated rings. The van der Waals surface area contributed by atoms with Crippen molar-refractivity contribution in [3.8, 4) is 0 Å². The molecule has 0 bridgehead atoms. The highest BCUT2D eigenvalue weighted by atomic mass is 16.5. The first kappa shape index (κ1) is 18.4. The summed E-state index contributed by atoms with van der Waals surface area (Å²) in [6.07, 6.45) is 0.139. The van der Waals surface area contributed by atoms with Crippen LogP contribution < -0.4 is 16.0 Å².